The van der Waals surface area contributed by atoms with Gasteiger partial charge in [-0.1, -0.05) is 35.5 Å². The molecule has 1 saturated carbocycles. The first-order chi connectivity index (χ1) is 12.8. The van der Waals surface area contributed by atoms with Gasteiger partial charge in [-0.2, -0.15) is 14.6 Å². The molecule has 0 amide bonds. The second-order valence-corrected chi connectivity index (χ2v) is 6.67. The van der Waals surface area contributed by atoms with Gasteiger partial charge in [-0.15, -0.1) is 5.10 Å². The average molecular weight is 346 g/mol. The van der Waals surface area contributed by atoms with Crippen LogP contribution in [-0.2, 0) is 6.54 Å². The van der Waals surface area contributed by atoms with Crippen LogP contribution >= 0.6 is 0 Å². The predicted molar refractivity (Wildman–Crippen MR) is 96.4 cm³/mol. The van der Waals surface area contributed by atoms with Gasteiger partial charge in [0.05, 0.1) is 11.9 Å². The third-order valence-electron chi connectivity index (χ3n) is 4.83. The van der Waals surface area contributed by atoms with Crippen molar-refractivity contribution >= 4 is 11.6 Å². The maximum Gasteiger partial charge on any atom is 0.254 e. The molecule has 8 heteroatoms. The van der Waals surface area contributed by atoms with E-state index in [0.717, 1.165) is 36.5 Å². The zero-order valence-corrected chi connectivity index (χ0v) is 14.1. The van der Waals surface area contributed by atoms with Crippen LogP contribution in [0.5, 0.6) is 0 Å². The van der Waals surface area contributed by atoms with Crippen molar-refractivity contribution in [1.29, 1.82) is 0 Å². The van der Waals surface area contributed by atoms with Crippen molar-refractivity contribution < 1.29 is 0 Å². The summed E-state index contributed by atoms with van der Waals surface area (Å²) in [5, 5.41) is 15.8. The van der Waals surface area contributed by atoms with Gasteiger partial charge in [0.25, 0.3) is 5.78 Å². The molecule has 0 aliphatic heterocycles. The van der Waals surface area contributed by atoms with Crippen molar-refractivity contribution in [3.8, 4) is 11.3 Å². The second kappa shape index (κ2) is 6.21. The average Bonchev–Trinajstić information content (AvgIpc) is 3.32. The molecule has 0 spiro atoms. The fraction of sp³-hybridized carbons (Fsp3) is 0.278. The second-order valence-electron chi connectivity index (χ2n) is 6.67. The number of aromatic nitrogens is 7. The van der Waals surface area contributed by atoms with Gasteiger partial charge in [0.15, 0.2) is 0 Å². The molecule has 4 aromatic rings. The van der Waals surface area contributed by atoms with Gasteiger partial charge in [-0.3, -0.25) is 4.68 Å². The quantitative estimate of drug-likeness (QED) is 0.597. The van der Waals surface area contributed by atoms with E-state index in [1.807, 2.05) is 35.1 Å². The minimum absolute atomic E-state index is 0.418. The van der Waals surface area contributed by atoms with E-state index in [1.54, 1.807) is 10.7 Å². The Morgan fingerprint density at radius 1 is 1.15 bits per heavy atom. The van der Waals surface area contributed by atoms with Gasteiger partial charge >= 0.3 is 0 Å². The van der Waals surface area contributed by atoms with Crippen LogP contribution in [0.15, 0.2) is 55.1 Å². The fourth-order valence-corrected chi connectivity index (χ4v) is 3.48. The molecule has 1 aromatic carbocycles. The minimum Gasteiger partial charge on any atom is -0.367 e. The number of hydrogen-bond acceptors (Lipinski definition) is 6. The standard InChI is InChI=1S/C18H18N8/c1-2-4-14(5-3-1)16-10-17(26-18(23-16)19-12-21-26)22-15-8-13(9-15)11-25-7-6-20-24-25/h1-7,10,12-13,15,22H,8-9,11H2. The largest absolute Gasteiger partial charge is 0.367 e. The van der Waals surface area contributed by atoms with Crippen molar-refractivity contribution in [2.75, 3.05) is 5.32 Å². The molecule has 130 valence electrons. The first kappa shape index (κ1) is 15.0. The highest BCUT2D eigenvalue weighted by Crippen LogP contribution is 2.32. The van der Waals surface area contributed by atoms with Gasteiger partial charge in [-0.25, -0.2) is 4.98 Å². The van der Waals surface area contributed by atoms with E-state index in [-0.39, 0.29) is 0 Å². The first-order valence-electron chi connectivity index (χ1n) is 8.72. The highest BCUT2D eigenvalue weighted by atomic mass is 15.4. The van der Waals surface area contributed by atoms with Crippen molar-refractivity contribution in [2.45, 2.75) is 25.4 Å². The van der Waals surface area contributed by atoms with E-state index in [2.05, 4.69) is 42.8 Å². The lowest BCUT2D eigenvalue weighted by molar-refractivity contribution is 0.239. The van der Waals surface area contributed by atoms with Gasteiger partial charge in [-0.05, 0) is 18.8 Å². The van der Waals surface area contributed by atoms with Crippen molar-refractivity contribution in [1.82, 2.24) is 34.6 Å². The van der Waals surface area contributed by atoms with Gasteiger partial charge < -0.3 is 5.32 Å². The number of anilines is 1. The van der Waals surface area contributed by atoms with Crippen molar-refractivity contribution in [3.63, 3.8) is 0 Å². The molecule has 1 fully saturated rings. The third-order valence-corrected chi connectivity index (χ3v) is 4.83. The maximum atomic E-state index is 4.61. The summed E-state index contributed by atoms with van der Waals surface area (Å²) in [5.41, 5.74) is 1.96. The number of rotatable bonds is 5. The zero-order valence-electron chi connectivity index (χ0n) is 14.1. The Balaban J connectivity index is 1.35. The SMILES string of the molecule is c1ccc(-c2cc(NC3CC(Cn4ccnn4)C3)n3ncnc3n2)cc1. The van der Waals surface area contributed by atoms with Gasteiger partial charge in [0.2, 0.25) is 0 Å². The monoisotopic (exact) mass is 346 g/mol. The molecule has 5 rings (SSSR count). The first-order valence-corrected chi connectivity index (χ1v) is 8.72. The summed E-state index contributed by atoms with van der Waals surface area (Å²) in [7, 11) is 0. The molecule has 3 aromatic heterocycles. The lowest BCUT2D eigenvalue weighted by Gasteiger charge is -2.36. The number of hydrogen-bond donors (Lipinski definition) is 1. The summed E-state index contributed by atoms with van der Waals surface area (Å²) in [6.07, 6.45) is 7.36. The van der Waals surface area contributed by atoms with Crippen LogP contribution < -0.4 is 5.32 Å². The van der Waals surface area contributed by atoms with Gasteiger partial charge in [0.1, 0.15) is 12.1 Å². The van der Waals surface area contributed by atoms with E-state index < -0.39 is 0 Å². The molecule has 0 atom stereocenters. The third kappa shape index (κ3) is 2.79. The smallest absolute Gasteiger partial charge is 0.254 e. The van der Waals surface area contributed by atoms with Crippen LogP contribution in [0.3, 0.4) is 0 Å². The molecule has 26 heavy (non-hydrogen) atoms. The molecule has 3 heterocycles. The van der Waals surface area contributed by atoms with Crippen molar-refractivity contribution in [3.05, 3.63) is 55.1 Å². The van der Waals surface area contributed by atoms with Crippen LogP contribution in [0.25, 0.3) is 17.0 Å². The van der Waals surface area contributed by atoms with Crippen molar-refractivity contribution in [2.24, 2.45) is 5.92 Å². The van der Waals surface area contributed by atoms with E-state index in [1.165, 1.54) is 6.33 Å². The lowest BCUT2D eigenvalue weighted by Crippen LogP contribution is -2.38. The summed E-state index contributed by atoms with van der Waals surface area (Å²) in [4.78, 5) is 8.88. The lowest BCUT2D eigenvalue weighted by atomic mass is 9.80. The molecule has 8 nitrogen and oxygen atoms in total. The van der Waals surface area contributed by atoms with Crippen LogP contribution in [-0.4, -0.2) is 40.6 Å². The Labute approximate surface area is 149 Å². The predicted octanol–water partition coefficient (Wildman–Crippen LogP) is 2.27. The molecule has 0 saturated heterocycles. The fourth-order valence-electron chi connectivity index (χ4n) is 3.48. The number of benzene rings is 1. The van der Waals surface area contributed by atoms with Crippen LogP contribution in [0.2, 0.25) is 0 Å². The van der Waals surface area contributed by atoms with Gasteiger partial charge in [0, 0.05) is 30.4 Å². The number of nitrogens with one attached hydrogen (secondary N) is 1. The van der Waals surface area contributed by atoms with Crippen LogP contribution in [0.1, 0.15) is 12.8 Å². The van der Waals surface area contributed by atoms with E-state index in [0.29, 0.717) is 17.7 Å². The Morgan fingerprint density at radius 2 is 2.04 bits per heavy atom. The summed E-state index contributed by atoms with van der Waals surface area (Å²) in [6.45, 7) is 0.919. The maximum absolute atomic E-state index is 4.61. The Morgan fingerprint density at radius 3 is 2.85 bits per heavy atom. The molecule has 0 unspecified atom stereocenters. The summed E-state index contributed by atoms with van der Waals surface area (Å²) >= 11 is 0. The molecule has 0 radical (unpaired) electrons. The molecule has 1 aliphatic rings. The topological polar surface area (TPSA) is 85.8 Å². The highest BCUT2D eigenvalue weighted by molar-refractivity contribution is 5.65. The summed E-state index contributed by atoms with van der Waals surface area (Å²) < 4.78 is 3.66. The molecule has 1 N–H and O–H groups in total. The Hall–Kier alpha value is -3.29. The molecular formula is C18H18N8. The number of nitrogens with zero attached hydrogens (tertiary/aromatic N) is 7. The van der Waals surface area contributed by atoms with Crippen LogP contribution in [0.4, 0.5) is 5.82 Å². The minimum atomic E-state index is 0.418. The number of fused-ring (bicyclic) bond motifs is 1. The summed E-state index contributed by atoms with van der Waals surface area (Å²) in [6, 6.07) is 12.6. The van der Waals surface area contributed by atoms with Crippen LogP contribution in [0, 0.1) is 5.92 Å². The highest BCUT2D eigenvalue weighted by Gasteiger charge is 2.30. The Bertz CT molecular complexity index is 1000. The molecule has 0 bridgehead atoms. The molecule has 1 aliphatic carbocycles. The molecular weight excluding hydrogens is 328 g/mol. The van der Waals surface area contributed by atoms with E-state index in [4.69, 9.17) is 0 Å². The summed E-state index contributed by atoms with van der Waals surface area (Å²) in [5.74, 6) is 2.15. The van der Waals surface area contributed by atoms with E-state index >= 15 is 0 Å². The normalized spacial score (nSPS) is 19.4. The van der Waals surface area contributed by atoms with E-state index in [9.17, 15) is 0 Å². The Kier molecular flexibility index (Phi) is 3.59. The zero-order chi connectivity index (χ0) is 17.3.